The summed E-state index contributed by atoms with van der Waals surface area (Å²) >= 11 is 5.85. The first-order valence-corrected chi connectivity index (χ1v) is 7.14. The first kappa shape index (κ1) is 14.5. The summed E-state index contributed by atoms with van der Waals surface area (Å²) in [6.45, 7) is 6.84. The van der Waals surface area contributed by atoms with Gasteiger partial charge in [0.15, 0.2) is 0 Å². The van der Waals surface area contributed by atoms with E-state index in [0.717, 1.165) is 10.7 Å². The fraction of sp³-hybridized carbons (Fsp3) is 0.667. The molecule has 0 N–H and O–H groups in total. The van der Waals surface area contributed by atoms with Crippen molar-refractivity contribution in [2.24, 2.45) is 5.92 Å². The minimum absolute atomic E-state index is 0.522. The van der Waals surface area contributed by atoms with Crippen LogP contribution in [0.3, 0.4) is 0 Å². The Hall–Kier alpha value is -0.560. The Balaban J connectivity index is 2.40. The average Bonchev–Trinajstić information content (AvgIpc) is 2.34. The monoisotopic (exact) mass is 253 g/mol. The molecule has 0 aromatic carbocycles. The van der Waals surface area contributed by atoms with Crippen LogP contribution in [0.1, 0.15) is 64.5 Å². The highest BCUT2D eigenvalue weighted by atomic mass is 35.5. The minimum Gasteiger partial charge on any atom is -0.259 e. The maximum absolute atomic E-state index is 5.85. The predicted molar refractivity (Wildman–Crippen MR) is 75.6 cm³/mol. The zero-order chi connectivity index (χ0) is 12.7. The van der Waals surface area contributed by atoms with Gasteiger partial charge in [-0.3, -0.25) is 4.98 Å². The van der Waals surface area contributed by atoms with Crippen molar-refractivity contribution in [3.8, 4) is 0 Å². The zero-order valence-corrected chi connectivity index (χ0v) is 12.0. The van der Waals surface area contributed by atoms with Gasteiger partial charge >= 0.3 is 0 Å². The lowest BCUT2D eigenvalue weighted by molar-refractivity contribution is 0.422. The van der Waals surface area contributed by atoms with Crippen molar-refractivity contribution in [1.82, 2.24) is 4.98 Å². The number of unbranched alkanes of at least 4 members (excludes halogenated alkanes) is 3. The average molecular weight is 254 g/mol. The summed E-state index contributed by atoms with van der Waals surface area (Å²) in [4.78, 5) is 4.41. The van der Waals surface area contributed by atoms with Crippen molar-refractivity contribution < 1.29 is 0 Å². The van der Waals surface area contributed by atoms with Crippen molar-refractivity contribution in [2.75, 3.05) is 0 Å². The normalized spacial score (nSPS) is 14.6. The number of halogens is 1. The molecule has 0 aliphatic heterocycles. The summed E-state index contributed by atoms with van der Waals surface area (Å²) in [6.07, 6.45) is 8.42. The minimum atomic E-state index is 0.522. The van der Waals surface area contributed by atoms with Gasteiger partial charge in [0.1, 0.15) is 0 Å². The van der Waals surface area contributed by atoms with Crippen molar-refractivity contribution >= 4 is 11.6 Å². The lowest BCUT2D eigenvalue weighted by Crippen LogP contribution is -2.08. The fourth-order valence-corrected chi connectivity index (χ4v) is 2.20. The summed E-state index contributed by atoms with van der Waals surface area (Å²) in [7, 11) is 0. The highest BCUT2D eigenvalue weighted by molar-refractivity contribution is 6.30. The molecule has 96 valence electrons. The molecule has 0 radical (unpaired) electrons. The van der Waals surface area contributed by atoms with Crippen LogP contribution in [0, 0.1) is 5.92 Å². The maximum Gasteiger partial charge on any atom is 0.0589 e. The van der Waals surface area contributed by atoms with E-state index in [2.05, 4.69) is 31.8 Å². The molecule has 1 heterocycles. The molecule has 0 aliphatic rings. The van der Waals surface area contributed by atoms with Crippen LogP contribution in [0.2, 0.25) is 5.02 Å². The Morgan fingerprint density at radius 3 is 2.53 bits per heavy atom. The van der Waals surface area contributed by atoms with Gasteiger partial charge in [0.25, 0.3) is 0 Å². The van der Waals surface area contributed by atoms with Crippen LogP contribution in [-0.4, -0.2) is 4.98 Å². The fourth-order valence-electron chi connectivity index (χ4n) is 2.09. The molecule has 1 nitrogen and oxygen atoms in total. The van der Waals surface area contributed by atoms with Gasteiger partial charge in [-0.1, -0.05) is 64.5 Å². The topological polar surface area (TPSA) is 12.9 Å². The van der Waals surface area contributed by atoms with Crippen LogP contribution in [-0.2, 0) is 0 Å². The van der Waals surface area contributed by atoms with E-state index in [9.17, 15) is 0 Å². The van der Waals surface area contributed by atoms with Crippen LogP contribution < -0.4 is 0 Å². The van der Waals surface area contributed by atoms with E-state index < -0.39 is 0 Å². The Morgan fingerprint density at radius 1 is 1.18 bits per heavy atom. The molecule has 2 heteroatoms. The van der Waals surface area contributed by atoms with E-state index in [-0.39, 0.29) is 0 Å². The predicted octanol–water partition coefficient (Wildman–Crippen LogP) is 5.45. The van der Waals surface area contributed by atoms with Crippen LogP contribution >= 0.6 is 11.6 Å². The van der Waals surface area contributed by atoms with Gasteiger partial charge in [-0.2, -0.15) is 0 Å². The van der Waals surface area contributed by atoms with Gasteiger partial charge in [-0.05, 0) is 18.1 Å². The van der Waals surface area contributed by atoms with Gasteiger partial charge in [0.2, 0.25) is 0 Å². The number of rotatable bonds is 7. The van der Waals surface area contributed by atoms with E-state index in [0.29, 0.717) is 11.8 Å². The second-order valence-electron chi connectivity index (χ2n) is 5.02. The van der Waals surface area contributed by atoms with Crippen LogP contribution in [0.5, 0.6) is 0 Å². The molecule has 17 heavy (non-hydrogen) atoms. The third-order valence-corrected chi connectivity index (χ3v) is 3.81. The van der Waals surface area contributed by atoms with E-state index in [1.807, 2.05) is 6.07 Å². The Kier molecular flexibility index (Phi) is 6.57. The second-order valence-corrected chi connectivity index (χ2v) is 5.45. The molecule has 0 spiro atoms. The highest BCUT2D eigenvalue weighted by Crippen LogP contribution is 2.27. The van der Waals surface area contributed by atoms with Crippen molar-refractivity contribution in [2.45, 2.75) is 58.8 Å². The van der Waals surface area contributed by atoms with Crippen LogP contribution in [0.15, 0.2) is 18.3 Å². The third-order valence-electron chi connectivity index (χ3n) is 3.58. The van der Waals surface area contributed by atoms with Gasteiger partial charge in [0, 0.05) is 17.8 Å². The lowest BCUT2D eigenvalue weighted by atomic mass is 9.88. The molecular formula is C15H24ClN. The molecule has 0 saturated carbocycles. The quantitative estimate of drug-likeness (QED) is 0.589. The van der Waals surface area contributed by atoms with Crippen molar-refractivity contribution in [3.05, 3.63) is 29.0 Å². The van der Waals surface area contributed by atoms with Gasteiger partial charge in [-0.25, -0.2) is 0 Å². The standard InChI is InChI=1S/C15H24ClN/c1-4-5-6-7-8-12(2)13(3)15-10-9-14(16)11-17-15/h9-13H,4-8H2,1-3H3. The van der Waals surface area contributed by atoms with Crippen molar-refractivity contribution in [1.29, 1.82) is 0 Å². The number of hydrogen-bond donors (Lipinski definition) is 0. The largest absolute Gasteiger partial charge is 0.259 e. The maximum atomic E-state index is 5.85. The van der Waals surface area contributed by atoms with E-state index in [4.69, 9.17) is 11.6 Å². The van der Waals surface area contributed by atoms with E-state index in [1.54, 1.807) is 6.20 Å². The van der Waals surface area contributed by atoms with Crippen LogP contribution in [0.4, 0.5) is 0 Å². The van der Waals surface area contributed by atoms with E-state index in [1.165, 1.54) is 32.1 Å². The summed E-state index contributed by atoms with van der Waals surface area (Å²) in [5.41, 5.74) is 1.16. The molecular weight excluding hydrogens is 230 g/mol. The summed E-state index contributed by atoms with van der Waals surface area (Å²) in [5, 5.41) is 0.719. The van der Waals surface area contributed by atoms with Crippen LogP contribution in [0.25, 0.3) is 0 Å². The summed E-state index contributed by atoms with van der Waals surface area (Å²) in [6, 6.07) is 3.99. The molecule has 0 fully saturated rings. The number of pyridine rings is 1. The Bertz CT molecular complexity index is 307. The molecule has 0 amide bonds. The highest BCUT2D eigenvalue weighted by Gasteiger charge is 2.14. The molecule has 1 aromatic heterocycles. The Morgan fingerprint density at radius 2 is 1.94 bits per heavy atom. The van der Waals surface area contributed by atoms with Crippen molar-refractivity contribution in [3.63, 3.8) is 0 Å². The zero-order valence-electron chi connectivity index (χ0n) is 11.2. The second kappa shape index (κ2) is 7.71. The van der Waals surface area contributed by atoms with E-state index >= 15 is 0 Å². The molecule has 0 saturated heterocycles. The third kappa shape index (κ3) is 5.08. The Labute approximate surface area is 111 Å². The first-order valence-electron chi connectivity index (χ1n) is 6.76. The van der Waals surface area contributed by atoms with Gasteiger partial charge < -0.3 is 0 Å². The molecule has 1 aromatic rings. The molecule has 2 unspecified atom stereocenters. The number of aromatic nitrogens is 1. The van der Waals surface area contributed by atoms with Gasteiger partial charge in [0.05, 0.1) is 5.02 Å². The molecule has 2 atom stereocenters. The SMILES string of the molecule is CCCCCCC(C)C(C)c1ccc(Cl)cn1. The molecule has 1 rings (SSSR count). The summed E-state index contributed by atoms with van der Waals surface area (Å²) in [5.74, 6) is 1.22. The van der Waals surface area contributed by atoms with Gasteiger partial charge in [-0.15, -0.1) is 0 Å². The summed E-state index contributed by atoms with van der Waals surface area (Å²) < 4.78 is 0. The molecule has 0 aliphatic carbocycles. The number of hydrogen-bond acceptors (Lipinski definition) is 1. The first-order chi connectivity index (χ1) is 8.15. The lowest BCUT2D eigenvalue weighted by Gasteiger charge is -2.19. The number of nitrogens with zero attached hydrogens (tertiary/aromatic N) is 1. The molecule has 0 bridgehead atoms. The smallest absolute Gasteiger partial charge is 0.0589 e.